The summed E-state index contributed by atoms with van der Waals surface area (Å²) >= 11 is 0. The number of H-pyrrole nitrogens is 1. The first kappa shape index (κ1) is 17.8. The molecule has 2 N–H and O–H groups in total. The highest BCUT2D eigenvalue weighted by Gasteiger charge is 2.39. The molecule has 0 unspecified atom stereocenters. The molecule has 0 spiro atoms. The van der Waals surface area contributed by atoms with Gasteiger partial charge in [0.05, 0.1) is 23.9 Å². The Morgan fingerprint density at radius 2 is 2.07 bits per heavy atom. The number of nitrogens with one attached hydrogen (secondary N) is 2. The second-order valence-electron chi connectivity index (χ2n) is 8.43. The van der Waals surface area contributed by atoms with Crippen LogP contribution in [0.3, 0.4) is 0 Å². The van der Waals surface area contributed by atoms with Gasteiger partial charge in [-0.25, -0.2) is 4.98 Å². The second-order valence-corrected chi connectivity index (χ2v) is 8.43. The smallest absolute Gasteiger partial charge is 0.179 e. The summed E-state index contributed by atoms with van der Waals surface area (Å²) in [5.41, 5.74) is 2.73. The van der Waals surface area contributed by atoms with Gasteiger partial charge in [0.15, 0.2) is 11.3 Å². The molecule has 2 aliphatic carbocycles. The maximum absolute atomic E-state index is 7.47. The van der Waals surface area contributed by atoms with E-state index >= 15 is 0 Å². The summed E-state index contributed by atoms with van der Waals surface area (Å²) in [4.78, 5) is 7.62. The molecular formula is C21H28N6O. The van der Waals surface area contributed by atoms with Crippen LogP contribution in [0.2, 0.25) is 0 Å². The highest BCUT2D eigenvalue weighted by Crippen LogP contribution is 2.43. The molecule has 0 bridgehead atoms. The molecule has 3 atom stereocenters. The second kappa shape index (κ2) is 7.28. The van der Waals surface area contributed by atoms with Crippen molar-refractivity contribution in [2.24, 2.45) is 11.8 Å². The van der Waals surface area contributed by atoms with Gasteiger partial charge in [0, 0.05) is 12.1 Å². The molecule has 28 heavy (non-hydrogen) atoms. The summed E-state index contributed by atoms with van der Waals surface area (Å²) in [7, 11) is 0. The third-order valence-corrected chi connectivity index (χ3v) is 6.81. The standard InChI is InChI=1S/C21H28N6O/c1-2-14-9-16(28-15-5-3-13(11-22)4-6-15)10-17(14)21-26-25-19-12-24-20-18(27(19)21)7-8-23-20/h7-8,11-17,22-23H,2-6,9-10H2,1H3/t13-,14-,15-,16-,17+/m1/s1. The zero-order chi connectivity index (χ0) is 19.1. The van der Waals surface area contributed by atoms with Crippen LogP contribution in [0.15, 0.2) is 18.5 Å². The number of nitrogens with zero attached hydrogens (tertiary/aromatic N) is 4. The number of fused-ring (bicyclic) bond motifs is 3. The van der Waals surface area contributed by atoms with Crippen molar-refractivity contribution in [2.75, 3.05) is 0 Å². The number of aromatic amines is 1. The van der Waals surface area contributed by atoms with Gasteiger partial charge >= 0.3 is 0 Å². The van der Waals surface area contributed by atoms with E-state index in [4.69, 9.17) is 10.1 Å². The van der Waals surface area contributed by atoms with Crippen LogP contribution in [-0.2, 0) is 4.74 Å². The lowest BCUT2D eigenvalue weighted by atomic mass is 9.88. The molecule has 3 aromatic rings. The Labute approximate surface area is 164 Å². The minimum Gasteiger partial charge on any atom is -0.375 e. The molecule has 0 radical (unpaired) electrons. The van der Waals surface area contributed by atoms with E-state index < -0.39 is 0 Å². The lowest BCUT2D eigenvalue weighted by Gasteiger charge is -2.28. The third-order valence-electron chi connectivity index (χ3n) is 6.81. The molecule has 2 aliphatic rings. The number of aromatic nitrogens is 5. The molecule has 0 saturated heterocycles. The summed E-state index contributed by atoms with van der Waals surface area (Å²) in [6, 6.07) is 2.05. The van der Waals surface area contributed by atoms with Crippen molar-refractivity contribution in [2.45, 2.75) is 70.0 Å². The lowest BCUT2D eigenvalue weighted by molar-refractivity contribution is -0.0310. The van der Waals surface area contributed by atoms with Crippen LogP contribution < -0.4 is 0 Å². The highest BCUT2D eigenvalue weighted by atomic mass is 16.5. The Balaban J connectivity index is 1.37. The molecule has 148 valence electrons. The monoisotopic (exact) mass is 380 g/mol. The average Bonchev–Trinajstić information content (AvgIpc) is 3.45. The molecule has 3 aromatic heterocycles. The predicted molar refractivity (Wildman–Crippen MR) is 108 cm³/mol. The number of hydrogen-bond donors (Lipinski definition) is 2. The first-order valence-electron chi connectivity index (χ1n) is 10.6. The van der Waals surface area contributed by atoms with Gasteiger partial charge in [0.1, 0.15) is 5.82 Å². The zero-order valence-corrected chi connectivity index (χ0v) is 16.3. The molecule has 0 aliphatic heterocycles. The molecule has 3 heterocycles. The van der Waals surface area contributed by atoms with Crippen LogP contribution in [-0.4, -0.2) is 43.0 Å². The Bertz CT molecular complexity index is 970. The highest BCUT2D eigenvalue weighted by molar-refractivity contribution is 5.74. The average molecular weight is 380 g/mol. The van der Waals surface area contributed by atoms with Crippen LogP contribution in [0.4, 0.5) is 0 Å². The first-order valence-corrected chi connectivity index (χ1v) is 10.6. The lowest BCUT2D eigenvalue weighted by Crippen LogP contribution is -2.26. The largest absolute Gasteiger partial charge is 0.375 e. The molecule has 2 saturated carbocycles. The van der Waals surface area contributed by atoms with E-state index in [1.54, 1.807) is 12.4 Å². The van der Waals surface area contributed by atoms with E-state index in [0.29, 0.717) is 30.0 Å². The number of rotatable bonds is 5. The van der Waals surface area contributed by atoms with Crippen LogP contribution >= 0.6 is 0 Å². The Morgan fingerprint density at radius 3 is 2.86 bits per heavy atom. The summed E-state index contributed by atoms with van der Waals surface area (Å²) in [5, 5.41) is 16.4. The van der Waals surface area contributed by atoms with E-state index in [1.807, 2.05) is 12.3 Å². The fourth-order valence-corrected chi connectivity index (χ4v) is 5.25. The van der Waals surface area contributed by atoms with Crippen molar-refractivity contribution in [3.05, 3.63) is 24.3 Å². The van der Waals surface area contributed by atoms with E-state index in [-0.39, 0.29) is 0 Å². The van der Waals surface area contributed by atoms with Crippen molar-refractivity contribution in [3.63, 3.8) is 0 Å². The molecule has 2 fully saturated rings. The summed E-state index contributed by atoms with van der Waals surface area (Å²) < 4.78 is 8.71. The summed E-state index contributed by atoms with van der Waals surface area (Å²) in [6.45, 7) is 2.27. The Hall–Kier alpha value is -2.28. The maximum atomic E-state index is 7.47. The molecule has 0 amide bonds. The summed E-state index contributed by atoms with van der Waals surface area (Å²) in [6.07, 6.45) is 13.6. The molecule has 0 aromatic carbocycles. The van der Waals surface area contributed by atoms with Crippen molar-refractivity contribution in [1.82, 2.24) is 24.6 Å². The van der Waals surface area contributed by atoms with Gasteiger partial charge < -0.3 is 15.1 Å². The van der Waals surface area contributed by atoms with E-state index in [9.17, 15) is 0 Å². The van der Waals surface area contributed by atoms with E-state index in [2.05, 4.69) is 31.5 Å². The summed E-state index contributed by atoms with van der Waals surface area (Å²) in [5.74, 6) is 2.44. The normalized spacial score (nSPS) is 31.0. The third kappa shape index (κ3) is 3.02. The quantitative estimate of drug-likeness (QED) is 0.652. The first-order chi connectivity index (χ1) is 13.8. The van der Waals surface area contributed by atoms with Gasteiger partial charge in [0.25, 0.3) is 0 Å². The molecular weight excluding hydrogens is 352 g/mol. The van der Waals surface area contributed by atoms with Gasteiger partial charge in [-0.1, -0.05) is 13.3 Å². The van der Waals surface area contributed by atoms with Crippen molar-refractivity contribution >= 4 is 23.0 Å². The predicted octanol–water partition coefficient (Wildman–Crippen LogP) is 4.10. The number of ether oxygens (including phenoxy) is 1. The van der Waals surface area contributed by atoms with Crippen LogP contribution in [0.5, 0.6) is 0 Å². The fraction of sp³-hybridized carbons (Fsp3) is 0.619. The maximum Gasteiger partial charge on any atom is 0.179 e. The van der Waals surface area contributed by atoms with Gasteiger partial charge in [-0.2, -0.15) is 0 Å². The Kier molecular flexibility index (Phi) is 4.62. The van der Waals surface area contributed by atoms with Gasteiger partial charge in [-0.3, -0.25) is 4.40 Å². The molecule has 7 heteroatoms. The Morgan fingerprint density at radius 1 is 1.21 bits per heavy atom. The van der Waals surface area contributed by atoms with Gasteiger partial charge in [-0.15, -0.1) is 10.2 Å². The van der Waals surface area contributed by atoms with Gasteiger partial charge in [0.2, 0.25) is 0 Å². The minimum absolute atomic E-state index is 0.299. The van der Waals surface area contributed by atoms with Crippen molar-refractivity contribution in [3.8, 4) is 0 Å². The van der Waals surface area contributed by atoms with Crippen LogP contribution in [0, 0.1) is 17.2 Å². The molecule has 7 nitrogen and oxygen atoms in total. The van der Waals surface area contributed by atoms with Crippen LogP contribution in [0.1, 0.15) is 63.6 Å². The van der Waals surface area contributed by atoms with Crippen molar-refractivity contribution in [1.29, 1.82) is 5.41 Å². The van der Waals surface area contributed by atoms with E-state index in [1.165, 1.54) is 0 Å². The van der Waals surface area contributed by atoms with Crippen LogP contribution in [0.25, 0.3) is 16.8 Å². The fourth-order valence-electron chi connectivity index (χ4n) is 5.25. The van der Waals surface area contributed by atoms with E-state index in [0.717, 1.165) is 67.6 Å². The topological polar surface area (TPSA) is 91.9 Å². The van der Waals surface area contributed by atoms with Crippen molar-refractivity contribution < 1.29 is 4.74 Å². The SMILES string of the molecule is CC[C@@H]1C[C@@H](O[C@H]2CC[C@H](C=N)CC2)C[C@@H]1c1nnc2cnc3[nH]ccc3n12. The number of hydrogen-bond acceptors (Lipinski definition) is 5. The minimum atomic E-state index is 0.299. The molecule has 5 rings (SSSR count). The van der Waals surface area contributed by atoms with Gasteiger partial charge in [-0.05, 0) is 62.6 Å². The zero-order valence-electron chi connectivity index (χ0n) is 16.3.